The average Bonchev–Trinajstić information content (AvgIpc) is 2.21. The van der Waals surface area contributed by atoms with E-state index in [4.69, 9.17) is 0 Å². The monoisotopic (exact) mass is 196 g/mol. The van der Waals surface area contributed by atoms with E-state index in [9.17, 15) is 0 Å². The van der Waals surface area contributed by atoms with Gasteiger partial charge in [-0.2, -0.15) is 10.2 Å². The van der Waals surface area contributed by atoms with Crippen LogP contribution in [-0.4, -0.2) is 11.2 Å². The molecule has 2 heterocycles. The molecule has 0 aliphatic carbocycles. The van der Waals surface area contributed by atoms with Crippen molar-refractivity contribution in [2.45, 2.75) is 0 Å². The number of allylic oxidation sites excluding steroid dienone is 1. The standard InChI is InChI=1S/C8H8N4.ClH/c1-3-8(7-9-4-1)12-10-5-2-6-11-12;/h1-7,10H;1H. The number of pyridine rings is 1. The Bertz CT molecular complexity index is 309. The third-order valence-corrected chi connectivity index (χ3v) is 1.45. The predicted octanol–water partition coefficient (Wildman–Crippen LogP) is 1.33. The van der Waals surface area contributed by atoms with Gasteiger partial charge in [-0.1, -0.05) is 0 Å². The first-order valence-corrected chi connectivity index (χ1v) is 3.62. The van der Waals surface area contributed by atoms with Gasteiger partial charge in [0.25, 0.3) is 0 Å². The molecule has 0 bridgehead atoms. The Morgan fingerprint density at radius 1 is 1.38 bits per heavy atom. The molecular weight excluding hydrogens is 188 g/mol. The van der Waals surface area contributed by atoms with Gasteiger partial charge in [0, 0.05) is 12.4 Å². The molecule has 4 nitrogen and oxygen atoms in total. The SMILES string of the molecule is C1=CNN(c2cccnc2)N=C1.Cl. The number of aromatic nitrogens is 1. The van der Waals surface area contributed by atoms with E-state index in [1.807, 2.05) is 18.2 Å². The molecule has 0 saturated carbocycles. The lowest BCUT2D eigenvalue weighted by Crippen LogP contribution is -2.30. The summed E-state index contributed by atoms with van der Waals surface area (Å²) >= 11 is 0. The maximum atomic E-state index is 4.07. The van der Waals surface area contributed by atoms with Crippen LogP contribution in [0.25, 0.3) is 0 Å². The summed E-state index contributed by atoms with van der Waals surface area (Å²) in [6.07, 6.45) is 8.81. The first-order valence-electron chi connectivity index (χ1n) is 3.62. The molecule has 13 heavy (non-hydrogen) atoms. The number of hydrazine groups is 1. The van der Waals surface area contributed by atoms with Crippen LogP contribution in [0.15, 0.2) is 41.9 Å². The second-order valence-electron chi connectivity index (χ2n) is 2.28. The number of hydrogen-bond donors (Lipinski definition) is 1. The molecule has 0 spiro atoms. The number of nitrogens with zero attached hydrogens (tertiary/aromatic N) is 3. The second kappa shape index (κ2) is 4.47. The minimum Gasteiger partial charge on any atom is -0.285 e. The van der Waals surface area contributed by atoms with E-state index >= 15 is 0 Å². The highest BCUT2D eigenvalue weighted by Gasteiger charge is 2.01. The zero-order chi connectivity index (χ0) is 8.23. The van der Waals surface area contributed by atoms with Gasteiger partial charge in [0.1, 0.15) is 5.69 Å². The second-order valence-corrected chi connectivity index (χ2v) is 2.28. The first kappa shape index (κ1) is 9.54. The van der Waals surface area contributed by atoms with E-state index in [0.29, 0.717) is 0 Å². The lowest BCUT2D eigenvalue weighted by molar-refractivity contribution is 0.772. The Balaban J connectivity index is 0.000000845. The largest absolute Gasteiger partial charge is 0.285 e. The van der Waals surface area contributed by atoms with Crippen molar-refractivity contribution in [1.82, 2.24) is 10.4 Å². The number of anilines is 1. The number of hydrazone groups is 1. The van der Waals surface area contributed by atoms with Crippen molar-refractivity contribution in [3.8, 4) is 0 Å². The van der Waals surface area contributed by atoms with Crippen molar-refractivity contribution in [2.75, 3.05) is 5.12 Å². The summed E-state index contributed by atoms with van der Waals surface area (Å²) in [5, 5.41) is 5.72. The number of nitrogens with one attached hydrogen (secondary N) is 1. The van der Waals surface area contributed by atoms with Gasteiger partial charge in [-0.3, -0.25) is 10.4 Å². The molecule has 5 heteroatoms. The summed E-state index contributed by atoms with van der Waals surface area (Å²) in [4.78, 5) is 3.98. The molecule has 0 aromatic carbocycles. The highest BCUT2D eigenvalue weighted by atomic mass is 35.5. The van der Waals surface area contributed by atoms with Gasteiger partial charge in [-0.05, 0) is 18.2 Å². The van der Waals surface area contributed by atoms with E-state index in [-0.39, 0.29) is 12.4 Å². The summed E-state index contributed by atoms with van der Waals surface area (Å²) < 4.78 is 0. The van der Waals surface area contributed by atoms with E-state index in [2.05, 4.69) is 15.5 Å². The minimum absolute atomic E-state index is 0. The number of rotatable bonds is 1. The van der Waals surface area contributed by atoms with Gasteiger partial charge in [0.15, 0.2) is 0 Å². The Labute approximate surface area is 82.3 Å². The third-order valence-electron chi connectivity index (χ3n) is 1.45. The fourth-order valence-corrected chi connectivity index (χ4v) is 0.915. The zero-order valence-electron chi connectivity index (χ0n) is 6.79. The van der Waals surface area contributed by atoms with Gasteiger partial charge < -0.3 is 0 Å². The fraction of sp³-hybridized carbons (Fsp3) is 0. The van der Waals surface area contributed by atoms with Gasteiger partial charge in [0.2, 0.25) is 0 Å². The minimum atomic E-state index is 0. The highest BCUT2D eigenvalue weighted by molar-refractivity contribution is 5.85. The third kappa shape index (κ3) is 2.19. The van der Waals surface area contributed by atoms with E-state index < -0.39 is 0 Å². The van der Waals surface area contributed by atoms with Crippen LogP contribution < -0.4 is 10.5 Å². The van der Waals surface area contributed by atoms with E-state index in [0.717, 1.165) is 5.69 Å². The van der Waals surface area contributed by atoms with Gasteiger partial charge >= 0.3 is 0 Å². The van der Waals surface area contributed by atoms with Crippen LogP contribution in [0.2, 0.25) is 0 Å². The quantitative estimate of drug-likeness (QED) is 0.737. The summed E-state index contributed by atoms with van der Waals surface area (Å²) in [7, 11) is 0. The summed E-state index contributed by atoms with van der Waals surface area (Å²) in [6.45, 7) is 0. The molecule has 2 rings (SSSR count). The van der Waals surface area contributed by atoms with Crippen LogP contribution in [0.1, 0.15) is 0 Å². The molecule has 1 N–H and O–H groups in total. The van der Waals surface area contributed by atoms with Gasteiger partial charge in [0.05, 0.1) is 12.4 Å². The van der Waals surface area contributed by atoms with Crippen LogP contribution >= 0.6 is 12.4 Å². The molecule has 0 atom stereocenters. The first-order chi connectivity index (χ1) is 5.97. The maximum Gasteiger partial charge on any atom is 0.102 e. The van der Waals surface area contributed by atoms with Crippen molar-refractivity contribution in [3.63, 3.8) is 0 Å². The van der Waals surface area contributed by atoms with Gasteiger partial charge in [-0.15, -0.1) is 12.4 Å². The molecule has 0 fully saturated rings. The molecule has 1 aliphatic heterocycles. The molecular formula is C8H9ClN4. The fourth-order valence-electron chi connectivity index (χ4n) is 0.915. The topological polar surface area (TPSA) is 40.5 Å². The van der Waals surface area contributed by atoms with Crippen molar-refractivity contribution < 1.29 is 0 Å². The average molecular weight is 197 g/mol. The highest BCUT2D eigenvalue weighted by Crippen LogP contribution is 2.09. The molecule has 0 amide bonds. The zero-order valence-corrected chi connectivity index (χ0v) is 7.61. The summed E-state index contributed by atoms with van der Waals surface area (Å²) in [5.74, 6) is 0. The number of hydrogen-bond acceptors (Lipinski definition) is 4. The summed E-state index contributed by atoms with van der Waals surface area (Å²) in [6, 6.07) is 3.79. The van der Waals surface area contributed by atoms with Crippen molar-refractivity contribution in [2.24, 2.45) is 5.10 Å². The van der Waals surface area contributed by atoms with Crippen LogP contribution in [-0.2, 0) is 0 Å². The van der Waals surface area contributed by atoms with Crippen molar-refractivity contribution in [1.29, 1.82) is 0 Å². The molecule has 1 aromatic heterocycles. The molecule has 1 aliphatic rings. The summed E-state index contributed by atoms with van der Waals surface area (Å²) in [5.41, 5.74) is 3.87. The van der Waals surface area contributed by atoms with Crippen LogP contribution in [0, 0.1) is 0 Å². The smallest absolute Gasteiger partial charge is 0.102 e. The predicted molar refractivity (Wildman–Crippen MR) is 54.7 cm³/mol. The van der Waals surface area contributed by atoms with Crippen molar-refractivity contribution in [3.05, 3.63) is 36.8 Å². The Hall–Kier alpha value is -1.55. The van der Waals surface area contributed by atoms with E-state index in [1.54, 1.807) is 29.9 Å². The molecule has 0 unspecified atom stereocenters. The van der Waals surface area contributed by atoms with Crippen LogP contribution in [0.3, 0.4) is 0 Å². The van der Waals surface area contributed by atoms with E-state index in [1.165, 1.54) is 0 Å². The Kier molecular flexibility index (Phi) is 3.28. The lowest BCUT2D eigenvalue weighted by Gasteiger charge is -2.19. The van der Waals surface area contributed by atoms with Crippen LogP contribution in [0.5, 0.6) is 0 Å². The normalized spacial score (nSPS) is 13.4. The lowest BCUT2D eigenvalue weighted by atomic mass is 10.4. The van der Waals surface area contributed by atoms with Gasteiger partial charge in [-0.25, -0.2) is 0 Å². The molecule has 0 radical (unpaired) electrons. The molecule has 0 saturated heterocycles. The molecule has 68 valence electrons. The maximum absolute atomic E-state index is 4.07. The Morgan fingerprint density at radius 2 is 2.31 bits per heavy atom. The van der Waals surface area contributed by atoms with Crippen molar-refractivity contribution >= 4 is 24.3 Å². The van der Waals surface area contributed by atoms with Crippen LogP contribution in [0.4, 0.5) is 5.69 Å². The number of halogens is 1. The Morgan fingerprint density at radius 3 is 2.92 bits per heavy atom. The molecule has 1 aromatic rings.